The number of carbonyl (C=O) groups excluding carboxylic acids is 1. The second-order valence-electron chi connectivity index (χ2n) is 6.34. The molecule has 2 aliphatic rings. The van der Waals surface area contributed by atoms with Crippen LogP contribution in [0, 0.1) is 11.8 Å². The molecular formula is C15H27NO4. The summed E-state index contributed by atoms with van der Waals surface area (Å²) >= 11 is 0. The molecule has 1 aliphatic carbocycles. The van der Waals surface area contributed by atoms with E-state index in [1.807, 2.05) is 0 Å². The lowest BCUT2D eigenvalue weighted by Gasteiger charge is -2.34. The minimum absolute atomic E-state index is 0.143. The SMILES string of the molecule is CN(C[C@@H]1COC[C@@H](O)[C@H]1O)C(=O)CC1CCCCC1. The van der Waals surface area contributed by atoms with E-state index in [1.54, 1.807) is 11.9 Å². The molecule has 2 rings (SSSR count). The second kappa shape index (κ2) is 7.38. The van der Waals surface area contributed by atoms with E-state index in [4.69, 9.17) is 4.74 Å². The van der Waals surface area contributed by atoms with Gasteiger partial charge in [0.05, 0.1) is 19.3 Å². The first-order valence-electron chi connectivity index (χ1n) is 7.75. The van der Waals surface area contributed by atoms with Crippen molar-refractivity contribution in [2.24, 2.45) is 11.8 Å². The van der Waals surface area contributed by atoms with Crippen LogP contribution in [0.1, 0.15) is 38.5 Å². The van der Waals surface area contributed by atoms with E-state index in [1.165, 1.54) is 19.3 Å². The van der Waals surface area contributed by atoms with E-state index in [9.17, 15) is 15.0 Å². The number of hydrogen-bond acceptors (Lipinski definition) is 4. The standard InChI is InChI=1S/C15H27NO4/c1-16(8-12-9-20-10-13(17)15(12)19)14(18)7-11-5-3-2-4-6-11/h11-13,15,17,19H,2-10H2,1H3/t12-,13-,15+/m1/s1. The molecule has 1 saturated heterocycles. The molecule has 0 radical (unpaired) electrons. The molecule has 0 aromatic heterocycles. The van der Waals surface area contributed by atoms with Crippen molar-refractivity contribution in [1.82, 2.24) is 4.90 Å². The number of carbonyl (C=O) groups is 1. The fourth-order valence-electron chi connectivity index (χ4n) is 3.26. The molecular weight excluding hydrogens is 258 g/mol. The van der Waals surface area contributed by atoms with E-state index in [2.05, 4.69) is 0 Å². The Morgan fingerprint density at radius 1 is 1.20 bits per heavy atom. The Bertz CT molecular complexity index is 317. The Hall–Kier alpha value is -0.650. The van der Waals surface area contributed by atoms with Crippen LogP contribution in [-0.2, 0) is 9.53 Å². The van der Waals surface area contributed by atoms with Crippen molar-refractivity contribution in [3.63, 3.8) is 0 Å². The highest BCUT2D eigenvalue weighted by Crippen LogP contribution is 2.27. The van der Waals surface area contributed by atoms with Crippen LogP contribution in [0.3, 0.4) is 0 Å². The Labute approximate surface area is 120 Å². The van der Waals surface area contributed by atoms with E-state index < -0.39 is 12.2 Å². The third-order valence-corrected chi connectivity index (χ3v) is 4.62. The summed E-state index contributed by atoms with van der Waals surface area (Å²) in [6.07, 6.45) is 5.07. The van der Waals surface area contributed by atoms with Gasteiger partial charge < -0.3 is 19.8 Å². The average molecular weight is 285 g/mol. The van der Waals surface area contributed by atoms with Gasteiger partial charge in [-0.25, -0.2) is 0 Å². The van der Waals surface area contributed by atoms with E-state index in [0.29, 0.717) is 25.5 Å². The summed E-state index contributed by atoms with van der Waals surface area (Å²) in [6.45, 7) is 1.03. The normalized spacial score (nSPS) is 32.0. The smallest absolute Gasteiger partial charge is 0.222 e. The highest BCUT2D eigenvalue weighted by atomic mass is 16.5. The molecule has 0 unspecified atom stereocenters. The third-order valence-electron chi connectivity index (χ3n) is 4.62. The van der Waals surface area contributed by atoms with Gasteiger partial charge in [-0.15, -0.1) is 0 Å². The topological polar surface area (TPSA) is 70.0 Å². The van der Waals surface area contributed by atoms with Gasteiger partial charge in [-0.05, 0) is 18.8 Å². The fraction of sp³-hybridized carbons (Fsp3) is 0.933. The zero-order valence-corrected chi connectivity index (χ0v) is 12.3. The molecule has 0 spiro atoms. The molecule has 1 aliphatic heterocycles. The molecule has 2 fully saturated rings. The number of rotatable bonds is 4. The number of aliphatic hydroxyl groups excluding tert-OH is 2. The van der Waals surface area contributed by atoms with Gasteiger partial charge in [0.25, 0.3) is 0 Å². The Morgan fingerprint density at radius 3 is 2.60 bits per heavy atom. The predicted octanol–water partition coefficient (Wildman–Crippen LogP) is 0.783. The molecule has 116 valence electrons. The van der Waals surface area contributed by atoms with Crippen molar-refractivity contribution in [3.05, 3.63) is 0 Å². The summed E-state index contributed by atoms with van der Waals surface area (Å²) in [5.41, 5.74) is 0. The van der Waals surface area contributed by atoms with Gasteiger partial charge in [0.1, 0.15) is 6.10 Å². The van der Waals surface area contributed by atoms with Crippen LogP contribution < -0.4 is 0 Å². The van der Waals surface area contributed by atoms with Crippen LogP contribution in [0.2, 0.25) is 0 Å². The summed E-state index contributed by atoms with van der Waals surface area (Å²) < 4.78 is 5.25. The predicted molar refractivity (Wildman–Crippen MR) is 75.2 cm³/mol. The van der Waals surface area contributed by atoms with Gasteiger partial charge in [-0.1, -0.05) is 19.3 Å². The van der Waals surface area contributed by atoms with Gasteiger partial charge >= 0.3 is 0 Å². The maximum atomic E-state index is 12.2. The zero-order chi connectivity index (χ0) is 14.5. The summed E-state index contributed by atoms with van der Waals surface area (Å²) in [5.74, 6) is 0.472. The summed E-state index contributed by atoms with van der Waals surface area (Å²) in [7, 11) is 1.78. The van der Waals surface area contributed by atoms with Crippen LogP contribution >= 0.6 is 0 Å². The van der Waals surface area contributed by atoms with Crippen molar-refractivity contribution in [2.75, 3.05) is 26.8 Å². The quantitative estimate of drug-likeness (QED) is 0.801. The molecule has 0 aromatic carbocycles. The van der Waals surface area contributed by atoms with Crippen LogP contribution in [0.4, 0.5) is 0 Å². The molecule has 2 N–H and O–H groups in total. The van der Waals surface area contributed by atoms with Crippen molar-refractivity contribution < 1.29 is 19.7 Å². The molecule has 0 bridgehead atoms. The Balaban J connectivity index is 1.77. The molecule has 5 nitrogen and oxygen atoms in total. The van der Waals surface area contributed by atoms with Gasteiger partial charge in [0.2, 0.25) is 5.91 Å². The molecule has 3 atom stereocenters. The van der Waals surface area contributed by atoms with Crippen LogP contribution in [0.25, 0.3) is 0 Å². The van der Waals surface area contributed by atoms with Gasteiger partial charge in [-0.3, -0.25) is 4.79 Å². The number of aliphatic hydroxyl groups is 2. The second-order valence-corrected chi connectivity index (χ2v) is 6.34. The number of nitrogens with zero attached hydrogens (tertiary/aromatic N) is 1. The summed E-state index contributed by atoms with van der Waals surface area (Å²) in [4.78, 5) is 13.9. The average Bonchev–Trinajstić information content (AvgIpc) is 2.45. The summed E-state index contributed by atoms with van der Waals surface area (Å²) in [6, 6.07) is 0. The number of hydrogen-bond donors (Lipinski definition) is 2. The third kappa shape index (κ3) is 4.17. The van der Waals surface area contributed by atoms with Crippen molar-refractivity contribution in [2.45, 2.75) is 50.7 Å². The van der Waals surface area contributed by atoms with Crippen molar-refractivity contribution in [1.29, 1.82) is 0 Å². The lowest BCUT2D eigenvalue weighted by Crippen LogP contribution is -2.49. The van der Waals surface area contributed by atoms with E-state index in [0.717, 1.165) is 12.8 Å². The van der Waals surface area contributed by atoms with Crippen LogP contribution in [0.5, 0.6) is 0 Å². The Kier molecular flexibility index (Phi) is 5.81. The molecule has 1 saturated carbocycles. The van der Waals surface area contributed by atoms with Gasteiger partial charge in [-0.2, -0.15) is 0 Å². The van der Waals surface area contributed by atoms with Gasteiger partial charge in [0, 0.05) is 25.9 Å². The lowest BCUT2D eigenvalue weighted by molar-refractivity contribution is -0.141. The minimum atomic E-state index is -0.837. The monoisotopic (exact) mass is 285 g/mol. The molecule has 20 heavy (non-hydrogen) atoms. The highest BCUT2D eigenvalue weighted by molar-refractivity contribution is 5.76. The zero-order valence-electron chi connectivity index (χ0n) is 12.3. The van der Waals surface area contributed by atoms with Crippen LogP contribution in [0.15, 0.2) is 0 Å². The van der Waals surface area contributed by atoms with Crippen LogP contribution in [-0.4, -0.2) is 60.0 Å². The first kappa shape index (κ1) is 15.7. The molecule has 5 heteroatoms. The van der Waals surface area contributed by atoms with E-state index in [-0.39, 0.29) is 18.4 Å². The van der Waals surface area contributed by atoms with Gasteiger partial charge in [0.15, 0.2) is 0 Å². The van der Waals surface area contributed by atoms with Crippen molar-refractivity contribution in [3.8, 4) is 0 Å². The minimum Gasteiger partial charge on any atom is -0.390 e. The lowest BCUT2D eigenvalue weighted by atomic mass is 9.86. The van der Waals surface area contributed by atoms with E-state index >= 15 is 0 Å². The first-order valence-corrected chi connectivity index (χ1v) is 7.75. The molecule has 1 heterocycles. The highest BCUT2D eigenvalue weighted by Gasteiger charge is 2.33. The fourth-order valence-corrected chi connectivity index (χ4v) is 3.26. The number of ether oxygens (including phenoxy) is 1. The Morgan fingerprint density at radius 2 is 1.90 bits per heavy atom. The van der Waals surface area contributed by atoms with Crippen molar-refractivity contribution >= 4 is 5.91 Å². The molecule has 0 aromatic rings. The maximum Gasteiger partial charge on any atom is 0.222 e. The first-order chi connectivity index (χ1) is 9.58. The maximum absolute atomic E-state index is 12.2. The largest absolute Gasteiger partial charge is 0.390 e. The summed E-state index contributed by atoms with van der Waals surface area (Å²) in [5, 5.41) is 19.5. The molecule has 1 amide bonds. The number of amides is 1.